The fraction of sp³-hybridized carbons (Fsp3) is 0.325. The van der Waals surface area contributed by atoms with Gasteiger partial charge in [-0.05, 0) is 96.8 Å². The average molecular weight is 649 g/mol. The third kappa shape index (κ3) is 8.82. The van der Waals surface area contributed by atoms with Crippen LogP contribution in [0.25, 0.3) is 11.1 Å². The molecule has 0 spiro atoms. The van der Waals surface area contributed by atoms with E-state index in [1.54, 1.807) is 39.0 Å². The smallest absolute Gasteiger partial charge is 0.411 e. The highest BCUT2D eigenvalue weighted by molar-refractivity contribution is 5.88. The highest BCUT2D eigenvalue weighted by Crippen LogP contribution is 2.36. The van der Waals surface area contributed by atoms with Crippen molar-refractivity contribution in [2.24, 2.45) is 0 Å². The molecule has 1 aliphatic heterocycles. The SMILES string of the molecule is CC(C)(C)OC(=O)N1CCc2ccc(Oc3ccc(C(C)(C)C)cc3)cc2[C@H]1C(=O)NCCC(=O)Oc1ccc(-c2ccccc2)cc1. The van der Waals surface area contributed by atoms with Crippen molar-refractivity contribution in [1.82, 2.24) is 10.2 Å². The van der Waals surface area contributed by atoms with Crippen LogP contribution in [0.1, 0.15) is 70.7 Å². The van der Waals surface area contributed by atoms with Gasteiger partial charge < -0.3 is 19.5 Å². The molecule has 1 heterocycles. The number of carbonyl (C=O) groups excluding carboxylic acids is 3. The van der Waals surface area contributed by atoms with Crippen LogP contribution in [0.4, 0.5) is 4.79 Å². The van der Waals surface area contributed by atoms with Gasteiger partial charge >= 0.3 is 12.1 Å². The second kappa shape index (κ2) is 14.3. The maximum atomic E-state index is 13.8. The Morgan fingerprint density at radius 1 is 0.771 bits per heavy atom. The van der Waals surface area contributed by atoms with Gasteiger partial charge in [0.1, 0.15) is 28.9 Å². The lowest BCUT2D eigenvalue weighted by molar-refractivity contribution is -0.134. The van der Waals surface area contributed by atoms with E-state index in [9.17, 15) is 14.4 Å². The second-order valence-corrected chi connectivity index (χ2v) is 14.0. The number of benzene rings is 4. The summed E-state index contributed by atoms with van der Waals surface area (Å²) in [6, 6.07) is 29.8. The first-order valence-electron chi connectivity index (χ1n) is 16.3. The number of ether oxygens (including phenoxy) is 3. The molecule has 0 aromatic heterocycles. The van der Waals surface area contributed by atoms with Crippen LogP contribution in [0.2, 0.25) is 0 Å². The van der Waals surface area contributed by atoms with Gasteiger partial charge in [-0.25, -0.2) is 4.79 Å². The van der Waals surface area contributed by atoms with Crippen LogP contribution < -0.4 is 14.8 Å². The first-order chi connectivity index (χ1) is 22.8. The van der Waals surface area contributed by atoms with Crippen LogP contribution >= 0.6 is 0 Å². The number of nitrogens with one attached hydrogen (secondary N) is 1. The van der Waals surface area contributed by atoms with Crippen LogP contribution in [-0.2, 0) is 26.2 Å². The zero-order valence-corrected chi connectivity index (χ0v) is 28.5. The molecule has 5 rings (SSSR count). The summed E-state index contributed by atoms with van der Waals surface area (Å²) in [6.07, 6.45) is -0.0871. The Kier molecular flexibility index (Phi) is 10.2. The van der Waals surface area contributed by atoms with Crippen molar-refractivity contribution in [3.8, 4) is 28.4 Å². The maximum absolute atomic E-state index is 13.8. The van der Waals surface area contributed by atoms with E-state index < -0.39 is 29.6 Å². The lowest BCUT2D eigenvalue weighted by Crippen LogP contribution is -2.49. The van der Waals surface area contributed by atoms with E-state index >= 15 is 0 Å². The summed E-state index contributed by atoms with van der Waals surface area (Å²) >= 11 is 0. The summed E-state index contributed by atoms with van der Waals surface area (Å²) in [4.78, 5) is 41.3. The van der Waals surface area contributed by atoms with Gasteiger partial charge in [-0.1, -0.05) is 81.4 Å². The molecule has 0 unspecified atom stereocenters. The highest BCUT2D eigenvalue weighted by atomic mass is 16.6. The summed E-state index contributed by atoms with van der Waals surface area (Å²) in [5.74, 6) is 0.723. The zero-order chi connectivity index (χ0) is 34.5. The molecule has 1 aliphatic rings. The van der Waals surface area contributed by atoms with Gasteiger partial charge in [-0.15, -0.1) is 0 Å². The molecule has 48 heavy (non-hydrogen) atoms. The quantitative estimate of drug-likeness (QED) is 0.152. The monoisotopic (exact) mass is 648 g/mol. The molecule has 0 bridgehead atoms. The molecular weight excluding hydrogens is 604 g/mol. The van der Waals surface area contributed by atoms with Crippen molar-refractivity contribution in [1.29, 1.82) is 0 Å². The molecule has 0 radical (unpaired) electrons. The third-order valence-electron chi connectivity index (χ3n) is 8.00. The zero-order valence-electron chi connectivity index (χ0n) is 28.5. The normalized spacial score (nSPS) is 14.5. The maximum Gasteiger partial charge on any atom is 0.411 e. The van der Waals surface area contributed by atoms with Gasteiger partial charge in [0.2, 0.25) is 5.91 Å². The van der Waals surface area contributed by atoms with Crippen LogP contribution in [0.15, 0.2) is 97.1 Å². The van der Waals surface area contributed by atoms with E-state index in [-0.39, 0.29) is 18.4 Å². The van der Waals surface area contributed by atoms with Crippen LogP contribution in [0.5, 0.6) is 17.2 Å². The van der Waals surface area contributed by atoms with Crippen molar-refractivity contribution >= 4 is 18.0 Å². The summed E-state index contributed by atoms with van der Waals surface area (Å²) in [5, 5.41) is 2.85. The number of hydrogen-bond donors (Lipinski definition) is 1. The third-order valence-corrected chi connectivity index (χ3v) is 8.00. The van der Waals surface area contributed by atoms with Crippen LogP contribution in [0.3, 0.4) is 0 Å². The number of rotatable bonds is 8. The van der Waals surface area contributed by atoms with Crippen LogP contribution in [0, 0.1) is 0 Å². The molecule has 0 saturated heterocycles. The fourth-order valence-electron chi connectivity index (χ4n) is 5.53. The highest BCUT2D eigenvalue weighted by Gasteiger charge is 2.38. The van der Waals surface area contributed by atoms with E-state index in [1.807, 2.05) is 78.9 Å². The topological polar surface area (TPSA) is 94.2 Å². The molecule has 0 fully saturated rings. The first-order valence-corrected chi connectivity index (χ1v) is 16.3. The average Bonchev–Trinajstić information content (AvgIpc) is 3.04. The van der Waals surface area contributed by atoms with Gasteiger partial charge in [-0.3, -0.25) is 14.5 Å². The lowest BCUT2D eigenvalue weighted by atomic mass is 9.87. The van der Waals surface area contributed by atoms with Crippen molar-refractivity contribution in [2.75, 3.05) is 13.1 Å². The standard InChI is InChI=1S/C40H44N2O6/c1-39(2,3)30-15-20-31(21-16-30)46-33-19-14-29-23-25-42(38(45)48-40(4,5)6)36(34(29)26-33)37(44)41-24-22-35(43)47-32-17-12-28(13-18-32)27-10-8-7-9-11-27/h7-21,26,36H,22-25H2,1-6H3,(H,41,44)/t36-/m0/s1. The Bertz CT molecular complexity index is 1740. The predicted octanol–water partition coefficient (Wildman–Crippen LogP) is 8.39. The van der Waals surface area contributed by atoms with Crippen LogP contribution in [-0.4, -0.2) is 41.6 Å². The second-order valence-electron chi connectivity index (χ2n) is 14.0. The van der Waals surface area contributed by atoms with Crippen molar-refractivity contribution in [2.45, 2.75) is 71.4 Å². The van der Waals surface area contributed by atoms with Gasteiger partial charge in [0, 0.05) is 13.1 Å². The fourth-order valence-corrected chi connectivity index (χ4v) is 5.53. The number of esters is 1. The molecule has 0 saturated carbocycles. The van der Waals surface area contributed by atoms with E-state index in [2.05, 4.69) is 26.1 Å². The summed E-state index contributed by atoms with van der Waals surface area (Å²) < 4.78 is 17.4. The van der Waals surface area contributed by atoms with Crippen molar-refractivity contribution in [3.63, 3.8) is 0 Å². The van der Waals surface area contributed by atoms with Gasteiger partial charge in [0.05, 0.1) is 6.42 Å². The minimum atomic E-state index is -0.975. The molecule has 1 N–H and O–H groups in total. The van der Waals surface area contributed by atoms with Gasteiger partial charge in [0.25, 0.3) is 0 Å². The Hall–Kier alpha value is -5.11. The summed E-state index contributed by atoms with van der Waals surface area (Å²) in [7, 11) is 0. The van der Waals surface area contributed by atoms with Gasteiger partial charge in [0.15, 0.2) is 0 Å². The molecule has 250 valence electrons. The molecular formula is C40H44N2O6. The minimum absolute atomic E-state index is 0.0148. The number of nitrogens with zero attached hydrogens (tertiary/aromatic N) is 1. The van der Waals surface area contributed by atoms with E-state index in [0.717, 1.165) is 16.7 Å². The summed E-state index contributed by atoms with van der Waals surface area (Å²) in [6.45, 7) is 12.2. The Balaban J connectivity index is 1.28. The minimum Gasteiger partial charge on any atom is -0.457 e. The first kappa shape index (κ1) is 34.2. The van der Waals surface area contributed by atoms with E-state index in [0.29, 0.717) is 35.8 Å². The lowest BCUT2D eigenvalue weighted by Gasteiger charge is -2.37. The molecule has 8 heteroatoms. The predicted molar refractivity (Wildman–Crippen MR) is 186 cm³/mol. The van der Waals surface area contributed by atoms with Crippen molar-refractivity contribution in [3.05, 3.63) is 114 Å². The molecule has 4 aromatic rings. The Morgan fingerprint density at radius 2 is 1.40 bits per heavy atom. The van der Waals surface area contributed by atoms with E-state index in [4.69, 9.17) is 14.2 Å². The van der Waals surface area contributed by atoms with Gasteiger partial charge in [-0.2, -0.15) is 0 Å². The number of hydrogen-bond acceptors (Lipinski definition) is 6. The number of fused-ring (bicyclic) bond motifs is 1. The Morgan fingerprint density at radius 3 is 2.04 bits per heavy atom. The number of carbonyl (C=O) groups is 3. The molecule has 2 amide bonds. The Labute approximate surface area is 283 Å². The van der Waals surface area contributed by atoms with E-state index in [1.165, 1.54) is 10.5 Å². The molecule has 4 aromatic carbocycles. The largest absolute Gasteiger partial charge is 0.457 e. The molecule has 1 atom stereocenters. The summed E-state index contributed by atoms with van der Waals surface area (Å²) in [5.41, 5.74) is 4.12. The number of amides is 2. The molecule has 8 nitrogen and oxygen atoms in total. The van der Waals surface area contributed by atoms with Crippen molar-refractivity contribution < 1.29 is 28.6 Å². The molecule has 0 aliphatic carbocycles.